The number of nitro groups is 1. The summed E-state index contributed by atoms with van der Waals surface area (Å²) in [6.07, 6.45) is 0.476. The Labute approximate surface area is 164 Å². The van der Waals surface area contributed by atoms with Gasteiger partial charge in [0.2, 0.25) is 0 Å². The average Bonchev–Trinajstić information content (AvgIpc) is 2.64. The highest BCUT2D eigenvalue weighted by Crippen LogP contribution is 2.13. The van der Waals surface area contributed by atoms with Crippen molar-refractivity contribution in [3.63, 3.8) is 0 Å². The van der Waals surface area contributed by atoms with E-state index >= 15 is 0 Å². The van der Waals surface area contributed by atoms with Crippen LogP contribution in [0.5, 0.6) is 0 Å². The molecule has 9 nitrogen and oxygen atoms in total. The molecule has 0 aromatic heterocycles. The van der Waals surface area contributed by atoms with Crippen LogP contribution in [0.3, 0.4) is 0 Å². The lowest BCUT2D eigenvalue weighted by Gasteiger charge is -2.35. The Hall–Kier alpha value is -2.68. The number of non-ortho nitro benzene ring substituents is 1. The van der Waals surface area contributed by atoms with Crippen molar-refractivity contribution in [2.45, 2.75) is 32.8 Å². The van der Waals surface area contributed by atoms with Crippen LogP contribution in [-0.4, -0.2) is 71.6 Å². The molecule has 0 unspecified atom stereocenters. The number of hydrogen-bond acceptors (Lipinski definition) is 6. The molecule has 1 aromatic rings. The van der Waals surface area contributed by atoms with Gasteiger partial charge in [0.1, 0.15) is 5.60 Å². The van der Waals surface area contributed by atoms with E-state index in [1.165, 1.54) is 18.2 Å². The topological polar surface area (TPSA) is 105 Å². The second-order valence-corrected chi connectivity index (χ2v) is 7.73. The third-order valence-corrected chi connectivity index (χ3v) is 4.28. The van der Waals surface area contributed by atoms with Crippen molar-refractivity contribution < 1.29 is 19.2 Å². The minimum absolute atomic E-state index is 0.101. The Balaban J connectivity index is 1.67. The fourth-order valence-electron chi connectivity index (χ4n) is 2.85. The van der Waals surface area contributed by atoms with Crippen LogP contribution in [0.15, 0.2) is 24.3 Å². The monoisotopic (exact) mass is 392 g/mol. The van der Waals surface area contributed by atoms with Gasteiger partial charge in [0, 0.05) is 50.4 Å². The predicted octanol–water partition coefficient (Wildman–Crippen LogP) is 2.27. The van der Waals surface area contributed by atoms with Crippen molar-refractivity contribution in [2.24, 2.45) is 0 Å². The van der Waals surface area contributed by atoms with Gasteiger partial charge in [-0.3, -0.25) is 19.8 Å². The van der Waals surface area contributed by atoms with E-state index in [1.807, 2.05) is 20.8 Å². The van der Waals surface area contributed by atoms with Crippen LogP contribution in [0.4, 0.5) is 10.5 Å². The van der Waals surface area contributed by atoms with E-state index < -0.39 is 10.5 Å². The molecule has 154 valence electrons. The number of nitro benzene ring substituents is 1. The molecule has 0 saturated carbocycles. The Morgan fingerprint density at radius 3 is 2.50 bits per heavy atom. The van der Waals surface area contributed by atoms with Gasteiger partial charge in [0.15, 0.2) is 0 Å². The normalized spacial score (nSPS) is 15.2. The zero-order valence-corrected chi connectivity index (χ0v) is 16.6. The molecule has 9 heteroatoms. The van der Waals surface area contributed by atoms with Crippen molar-refractivity contribution in [3.05, 3.63) is 39.9 Å². The number of hydrogen-bond donors (Lipinski definition) is 1. The second-order valence-electron chi connectivity index (χ2n) is 7.73. The molecule has 1 saturated heterocycles. The first-order valence-corrected chi connectivity index (χ1v) is 9.38. The fraction of sp³-hybridized carbons (Fsp3) is 0.579. The van der Waals surface area contributed by atoms with Gasteiger partial charge >= 0.3 is 6.09 Å². The third kappa shape index (κ3) is 6.80. The number of carbonyl (C=O) groups is 2. The van der Waals surface area contributed by atoms with Gasteiger partial charge in [-0.15, -0.1) is 0 Å². The van der Waals surface area contributed by atoms with Crippen molar-refractivity contribution in [1.82, 2.24) is 15.1 Å². The molecule has 0 spiro atoms. The quantitative estimate of drug-likeness (QED) is 0.452. The van der Waals surface area contributed by atoms with E-state index in [0.29, 0.717) is 19.6 Å². The van der Waals surface area contributed by atoms with Crippen LogP contribution in [-0.2, 0) is 4.74 Å². The lowest BCUT2D eigenvalue weighted by Crippen LogP contribution is -2.50. The Morgan fingerprint density at radius 2 is 1.89 bits per heavy atom. The van der Waals surface area contributed by atoms with E-state index in [-0.39, 0.29) is 23.3 Å². The Kier molecular flexibility index (Phi) is 7.33. The summed E-state index contributed by atoms with van der Waals surface area (Å²) in [4.78, 5) is 38.4. The summed E-state index contributed by atoms with van der Waals surface area (Å²) >= 11 is 0. The van der Waals surface area contributed by atoms with Crippen molar-refractivity contribution >= 4 is 17.7 Å². The van der Waals surface area contributed by atoms with Crippen LogP contribution < -0.4 is 5.32 Å². The molecular weight excluding hydrogens is 364 g/mol. The molecule has 2 rings (SSSR count). The van der Waals surface area contributed by atoms with Gasteiger partial charge < -0.3 is 15.0 Å². The number of nitrogens with one attached hydrogen (secondary N) is 1. The number of carbonyl (C=O) groups excluding carboxylic acids is 2. The number of amides is 2. The summed E-state index contributed by atoms with van der Waals surface area (Å²) < 4.78 is 5.38. The zero-order valence-electron chi connectivity index (χ0n) is 16.6. The van der Waals surface area contributed by atoms with Crippen LogP contribution >= 0.6 is 0 Å². The molecule has 2 amide bonds. The molecule has 28 heavy (non-hydrogen) atoms. The Bertz CT molecular complexity index is 709. The van der Waals surface area contributed by atoms with Crippen molar-refractivity contribution in [3.8, 4) is 0 Å². The lowest BCUT2D eigenvalue weighted by atomic mass is 10.2. The molecule has 1 aromatic carbocycles. The fourth-order valence-corrected chi connectivity index (χ4v) is 2.85. The summed E-state index contributed by atoms with van der Waals surface area (Å²) in [6.45, 7) is 9.60. The van der Waals surface area contributed by atoms with E-state index in [1.54, 1.807) is 11.0 Å². The highest BCUT2D eigenvalue weighted by atomic mass is 16.6. The maximum Gasteiger partial charge on any atom is 0.410 e. The summed E-state index contributed by atoms with van der Waals surface area (Å²) in [7, 11) is 0. The van der Waals surface area contributed by atoms with Crippen LogP contribution in [0, 0.1) is 10.1 Å². The van der Waals surface area contributed by atoms with Crippen LogP contribution in [0.2, 0.25) is 0 Å². The van der Waals surface area contributed by atoms with Gasteiger partial charge in [0.25, 0.3) is 11.6 Å². The van der Waals surface area contributed by atoms with E-state index in [2.05, 4.69) is 10.2 Å². The van der Waals surface area contributed by atoms with Crippen LogP contribution in [0.25, 0.3) is 0 Å². The lowest BCUT2D eigenvalue weighted by molar-refractivity contribution is -0.384. The minimum atomic E-state index is -0.520. The standard InChI is InChI=1S/C19H28N4O5/c1-19(2,3)28-18(25)22-12-10-21(11-13-22)9-5-8-20-17(24)15-6-4-7-16(14-15)23(26)27/h4,6-7,14H,5,8-13H2,1-3H3,(H,20,24). The molecule has 0 radical (unpaired) electrons. The highest BCUT2D eigenvalue weighted by molar-refractivity contribution is 5.94. The molecule has 0 bridgehead atoms. The molecule has 0 atom stereocenters. The van der Waals surface area contributed by atoms with Crippen molar-refractivity contribution in [2.75, 3.05) is 39.3 Å². The third-order valence-electron chi connectivity index (χ3n) is 4.28. The molecule has 1 N–H and O–H groups in total. The molecule has 1 heterocycles. The smallest absolute Gasteiger partial charge is 0.410 e. The number of nitrogens with zero attached hydrogens (tertiary/aromatic N) is 3. The number of piperazine rings is 1. The number of rotatable bonds is 6. The highest BCUT2D eigenvalue weighted by Gasteiger charge is 2.25. The second kappa shape index (κ2) is 9.50. The SMILES string of the molecule is CC(C)(C)OC(=O)N1CCN(CCCNC(=O)c2cccc([N+](=O)[O-])c2)CC1. The van der Waals surface area contributed by atoms with E-state index in [9.17, 15) is 19.7 Å². The molecule has 1 aliphatic rings. The number of benzene rings is 1. The van der Waals surface area contributed by atoms with E-state index in [4.69, 9.17) is 4.74 Å². The van der Waals surface area contributed by atoms with Gasteiger partial charge in [-0.25, -0.2) is 4.79 Å². The summed E-state index contributed by atoms with van der Waals surface area (Å²) in [6, 6.07) is 5.67. The van der Waals surface area contributed by atoms with Crippen LogP contribution in [0.1, 0.15) is 37.6 Å². The molecule has 1 fully saturated rings. The minimum Gasteiger partial charge on any atom is -0.444 e. The molecule has 1 aliphatic heterocycles. The molecule has 0 aliphatic carbocycles. The first kappa shape index (κ1) is 21.6. The van der Waals surface area contributed by atoms with E-state index in [0.717, 1.165) is 26.1 Å². The first-order chi connectivity index (χ1) is 13.2. The summed E-state index contributed by atoms with van der Waals surface area (Å²) in [5.41, 5.74) is -0.318. The summed E-state index contributed by atoms with van der Waals surface area (Å²) in [5, 5.41) is 13.6. The largest absolute Gasteiger partial charge is 0.444 e. The Morgan fingerprint density at radius 1 is 1.21 bits per heavy atom. The van der Waals surface area contributed by atoms with Gasteiger partial charge in [-0.1, -0.05) is 6.07 Å². The first-order valence-electron chi connectivity index (χ1n) is 9.38. The summed E-state index contributed by atoms with van der Waals surface area (Å²) in [5.74, 6) is -0.321. The number of ether oxygens (including phenoxy) is 1. The van der Waals surface area contributed by atoms with Gasteiger partial charge in [-0.05, 0) is 39.8 Å². The predicted molar refractivity (Wildman–Crippen MR) is 104 cm³/mol. The maximum absolute atomic E-state index is 12.1. The maximum atomic E-state index is 12.1. The zero-order chi connectivity index (χ0) is 20.7. The van der Waals surface area contributed by atoms with Gasteiger partial charge in [-0.2, -0.15) is 0 Å². The van der Waals surface area contributed by atoms with Gasteiger partial charge in [0.05, 0.1) is 4.92 Å². The van der Waals surface area contributed by atoms with Crippen molar-refractivity contribution in [1.29, 1.82) is 0 Å². The average molecular weight is 392 g/mol. The molecular formula is C19H28N4O5.